The quantitative estimate of drug-likeness (QED) is 0.327. The first-order chi connectivity index (χ1) is 16.4. The normalized spacial score (nSPS) is 25.6. The van der Waals surface area contributed by atoms with E-state index >= 15 is 0 Å². The van der Waals surface area contributed by atoms with Gasteiger partial charge in [-0.05, 0) is 64.4 Å². The van der Waals surface area contributed by atoms with E-state index in [1.807, 2.05) is 19.9 Å². The minimum absolute atomic E-state index is 0.0226. The monoisotopic (exact) mass is 484 g/mol. The van der Waals surface area contributed by atoms with E-state index in [0.717, 1.165) is 32.2 Å². The van der Waals surface area contributed by atoms with E-state index in [1.165, 1.54) is 12.8 Å². The van der Waals surface area contributed by atoms with Gasteiger partial charge in [0.2, 0.25) is 5.95 Å². The third-order valence-corrected chi connectivity index (χ3v) is 8.14. The lowest BCUT2D eigenvalue weighted by Gasteiger charge is -2.22. The van der Waals surface area contributed by atoms with Crippen LogP contribution in [0.1, 0.15) is 44.0 Å². The van der Waals surface area contributed by atoms with Crippen LogP contribution in [0.2, 0.25) is 0 Å². The largest absolute Gasteiger partial charge is 0.396 e. The molecule has 5 N–H and O–H groups in total. The highest BCUT2D eigenvalue weighted by Crippen LogP contribution is 2.39. The molecule has 0 saturated heterocycles. The summed E-state index contributed by atoms with van der Waals surface area (Å²) in [5.41, 5.74) is 3.30. The number of hydrogen-bond donors (Lipinski definition) is 5. The van der Waals surface area contributed by atoms with Crippen LogP contribution in [0.4, 0.5) is 11.8 Å². The molecule has 9 nitrogen and oxygen atoms in total. The first-order valence-corrected chi connectivity index (χ1v) is 12.8. The third kappa shape index (κ3) is 4.47. The molecule has 34 heavy (non-hydrogen) atoms. The molecule has 0 spiro atoms. The Hall–Kier alpha value is -2.40. The molecule has 2 saturated carbocycles. The van der Waals surface area contributed by atoms with E-state index in [2.05, 4.69) is 22.5 Å². The summed E-state index contributed by atoms with van der Waals surface area (Å²) in [6, 6.07) is 1.84. The van der Waals surface area contributed by atoms with E-state index in [-0.39, 0.29) is 18.6 Å². The molecule has 10 heteroatoms. The number of nitrogens with zero attached hydrogens (tertiary/aromatic N) is 4. The number of thiazole rings is 1. The van der Waals surface area contributed by atoms with Crippen LogP contribution < -0.4 is 10.6 Å². The van der Waals surface area contributed by atoms with Crippen molar-refractivity contribution in [3.05, 3.63) is 23.7 Å². The Kier molecular flexibility index (Phi) is 6.41. The van der Waals surface area contributed by atoms with Crippen molar-refractivity contribution in [2.24, 2.45) is 11.8 Å². The molecule has 2 fully saturated rings. The number of anilines is 2. The van der Waals surface area contributed by atoms with Crippen LogP contribution in [-0.2, 0) is 0 Å². The molecule has 0 aromatic carbocycles. The number of nitrogens with one attached hydrogen (secondary N) is 2. The second kappa shape index (κ2) is 9.33. The Morgan fingerprint density at radius 3 is 2.62 bits per heavy atom. The number of rotatable bonds is 8. The summed E-state index contributed by atoms with van der Waals surface area (Å²) >= 11 is 1.56. The van der Waals surface area contributed by atoms with E-state index in [1.54, 1.807) is 17.5 Å². The SMILES string of the molecule is Cc1nc(NC(C)C2CC2)nc(NC2CC(CCO)C(O)C2O)c1-c1nc2c(C)nccc2s1. The van der Waals surface area contributed by atoms with Crippen LogP contribution >= 0.6 is 11.3 Å². The van der Waals surface area contributed by atoms with Crippen molar-refractivity contribution in [3.63, 3.8) is 0 Å². The fourth-order valence-electron chi connectivity index (χ4n) is 4.90. The summed E-state index contributed by atoms with van der Waals surface area (Å²) in [6.45, 7) is 6.02. The molecule has 2 aliphatic rings. The van der Waals surface area contributed by atoms with E-state index in [0.29, 0.717) is 30.5 Å². The molecule has 182 valence electrons. The van der Waals surface area contributed by atoms with Crippen LogP contribution in [0.25, 0.3) is 20.8 Å². The van der Waals surface area contributed by atoms with Gasteiger partial charge < -0.3 is 26.0 Å². The Morgan fingerprint density at radius 1 is 1.12 bits per heavy atom. The fourth-order valence-corrected chi connectivity index (χ4v) is 6.01. The molecule has 0 aliphatic heterocycles. The number of aliphatic hydroxyl groups excluding tert-OH is 3. The lowest BCUT2D eigenvalue weighted by molar-refractivity contribution is 0.0124. The number of aliphatic hydroxyl groups is 3. The Bertz CT molecular complexity index is 1180. The van der Waals surface area contributed by atoms with Gasteiger partial charge in [0.15, 0.2) is 0 Å². The van der Waals surface area contributed by atoms with Crippen LogP contribution in [0.3, 0.4) is 0 Å². The first kappa shape index (κ1) is 23.3. The van der Waals surface area contributed by atoms with Crippen molar-refractivity contribution in [1.82, 2.24) is 19.9 Å². The Balaban J connectivity index is 1.53. The second-order valence-electron chi connectivity index (χ2n) is 9.63. The number of pyridine rings is 1. The highest BCUT2D eigenvalue weighted by Gasteiger charge is 2.41. The first-order valence-electron chi connectivity index (χ1n) is 12.0. The topological polar surface area (TPSA) is 136 Å². The minimum Gasteiger partial charge on any atom is -0.396 e. The number of aromatic nitrogens is 4. The number of aryl methyl sites for hydroxylation is 2. The zero-order chi connectivity index (χ0) is 24.0. The van der Waals surface area contributed by atoms with Gasteiger partial charge in [-0.1, -0.05) is 0 Å². The smallest absolute Gasteiger partial charge is 0.225 e. The average molecular weight is 485 g/mol. The van der Waals surface area contributed by atoms with Gasteiger partial charge in [-0.15, -0.1) is 11.3 Å². The minimum atomic E-state index is -0.955. The molecular weight excluding hydrogens is 452 g/mol. The maximum Gasteiger partial charge on any atom is 0.225 e. The molecule has 3 aromatic heterocycles. The lowest BCUT2D eigenvalue weighted by Crippen LogP contribution is -2.35. The van der Waals surface area contributed by atoms with Crippen molar-refractivity contribution >= 4 is 33.3 Å². The average Bonchev–Trinajstić information content (AvgIpc) is 3.51. The van der Waals surface area contributed by atoms with Gasteiger partial charge in [-0.25, -0.2) is 9.97 Å². The van der Waals surface area contributed by atoms with E-state index < -0.39 is 18.2 Å². The number of fused-ring (bicyclic) bond motifs is 1. The van der Waals surface area contributed by atoms with Gasteiger partial charge in [0.05, 0.1) is 33.8 Å². The summed E-state index contributed by atoms with van der Waals surface area (Å²) in [5, 5.41) is 38.2. The molecule has 3 heterocycles. The van der Waals surface area contributed by atoms with Crippen molar-refractivity contribution in [2.75, 3.05) is 17.2 Å². The predicted octanol–water partition coefficient (Wildman–Crippen LogP) is 2.88. The standard InChI is InChI=1S/C24H32N6O3S/c1-11(14-4-5-14)26-24-27-12(2)18(23-29-19-13(3)25-8-6-17(19)34-23)22(30-24)28-16-10-15(7-9-31)20(32)21(16)33/h6,8,11,14-16,20-21,31-33H,4-5,7,9-10H2,1-3H3,(H2,26,27,28,30). The Labute approximate surface area is 202 Å². The van der Waals surface area contributed by atoms with Crippen molar-refractivity contribution < 1.29 is 15.3 Å². The summed E-state index contributed by atoms with van der Waals surface area (Å²) in [6.07, 6.45) is 3.36. The van der Waals surface area contributed by atoms with E-state index in [9.17, 15) is 15.3 Å². The number of hydrogen-bond acceptors (Lipinski definition) is 10. The lowest BCUT2D eigenvalue weighted by atomic mass is 10.0. The molecule has 0 bridgehead atoms. The molecule has 5 atom stereocenters. The third-order valence-electron chi connectivity index (χ3n) is 7.10. The van der Waals surface area contributed by atoms with Gasteiger partial charge in [0, 0.05) is 18.8 Å². The molecule has 5 rings (SSSR count). The van der Waals surface area contributed by atoms with Crippen LogP contribution in [0.5, 0.6) is 0 Å². The zero-order valence-electron chi connectivity index (χ0n) is 19.7. The maximum absolute atomic E-state index is 10.7. The maximum atomic E-state index is 10.7. The zero-order valence-corrected chi connectivity index (χ0v) is 20.5. The van der Waals surface area contributed by atoms with Crippen LogP contribution in [0, 0.1) is 25.7 Å². The van der Waals surface area contributed by atoms with Crippen LogP contribution in [-0.4, -0.2) is 66.2 Å². The molecule has 0 radical (unpaired) electrons. The van der Waals surface area contributed by atoms with Gasteiger partial charge in [-0.3, -0.25) is 4.98 Å². The van der Waals surface area contributed by atoms with Gasteiger partial charge in [0.1, 0.15) is 22.4 Å². The fraction of sp³-hybridized carbons (Fsp3) is 0.583. The second-order valence-corrected chi connectivity index (χ2v) is 10.7. The summed E-state index contributed by atoms with van der Waals surface area (Å²) in [5.74, 6) is 1.60. The van der Waals surface area contributed by atoms with Gasteiger partial charge in [-0.2, -0.15) is 4.98 Å². The molecule has 2 aliphatic carbocycles. The van der Waals surface area contributed by atoms with Gasteiger partial charge >= 0.3 is 0 Å². The van der Waals surface area contributed by atoms with Crippen molar-refractivity contribution in [1.29, 1.82) is 0 Å². The van der Waals surface area contributed by atoms with Crippen molar-refractivity contribution in [2.45, 2.75) is 70.7 Å². The summed E-state index contributed by atoms with van der Waals surface area (Å²) in [7, 11) is 0. The van der Waals surface area contributed by atoms with E-state index in [4.69, 9.17) is 15.0 Å². The van der Waals surface area contributed by atoms with Crippen LogP contribution in [0.15, 0.2) is 12.3 Å². The molecular formula is C24H32N6O3S. The van der Waals surface area contributed by atoms with Gasteiger partial charge in [0.25, 0.3) is 0 Å². The summed E-state index contributed by atoms with van der Waals surface area (Å²) < 4.78 is 1.04. The highest BCUT2D eigenvalue weighted by molar-refractivity contribution is 7.21. The summed E-state index contributed by atoms with van der Waals surface area (Å²) in [4.78, 5) is 18.8. The van der Waals surface area contributed by atoms with Crippen molar-refractivity contribution in [3.8, 4) is 10.6 Å². The molecule has 0 amide bonds. The molecule has 5 unspecified atom stereocenters. The highest BCUT2D eigenvalue weighted by atomic mass is 32.1. The molecule has 3 aromatic rings. The predicted molar refractivity (Wildman–Crippen MR) is 133 cm³/mol. The Morgan fingerprint density at radius 2 is 1.91 bits per heavy atom.